The molecule has 39 heavy (non-hydrogen) atoms. The van der Waals surface area contributed by atoms with E-state index in [0.29, 0.717) is 25.0 Å². The van der Waals surface area contributed by atoms with E-state index in [0.717, 1.165) is 67.5 Å². The van der Waals surface area contributed by atoms with Gasteiger partial charge in [0.1, 0.15) is 5.82 Å². The number of fused-ring (bicyclic) bond motifs is 1. The zero-order chi connectivity index (χ0) is 27.2. The van der Waals surface area contributed by atoms with E-state index in [-0.39, 0.29) is 23.2 Å². The first-order valence-electron chi connectivity index (χ1n) is 13.9. The third-order valence-electron chi connectivity index (χ3n) is 7.77. The lowest BCUT2D eigenvalue weighted by Gasteiger charge is -2.33. The largest absolute Gasteiger partial charge is 0.385 e. The number of benzene rings is 2. The first-order valence-corrected chi connectivity index (χ1v) is 13.9. The second kappa shape index (κ2) is 12.4. The van der Waals surface area contributed by atoms with Crippen molar-refractivity contribution in [3.63, 3.8) is 0 Å². The minimum Gasteiger partial charge on any atom is -0.385 e. The van der Waals surface area contributed by atoms with Gasteiger partial charge in [0.15, 0.2) is 0 Å². The van der Waals surface area contributed by atoms with Crippen molar-refractivity contribution in [1.29, 1.82) is 0 Å². The zero-order valence-corrected chi connectivity index (χ0v) is 22.5. The van der Waals surface area contributed by atoms with Gasteiger partial charge in [-0.05, 0) is 73.1 Å². The molecule has 1 aliphatic heterocycles. The van der Waals surface area contributed by atoms with Gasteiger partial charge in [0.25, 0.3) is 0 Å². The molecule has 1 atom stereocenters. The summed E-state index contributed by atoms with van der Waals surface area (Å²) in [4.78, 5) is 29.4. The lowest BCUT2D eigenvalue weighted by molar-refractivity contribution is -0.132. The van der Waals surface area contributed by atoms with Gasteiger partial charge in [-0.2, -0.15) is 0 Å². The van der Waals surface area contributed by atoms with Gasteiger partial charge in [-0.15, -0.1) is 0 Å². The molecule has 1 amide bonds. The lowest BCUT2D eigenvalue weighted by atomic mass is 9.94. The van der Waals surface area contributed by atoms with Crippen LogP contribution in [0.4, 0.5) is 4.39 Å². The Morgan fingerprint density at radius 1 is 1.08 bits per heavy atom. The van der Waals surface area contributed by atoms with Crippen molar-refractivity contribution < 1.29 is 13.9 Å². The smallest absolute Gasteiger partial charge is 0.248 e. The summed E-state index contributed by atoms with van der Waals surface area (Å²) in [6.45, 7) is 2.86. The number of rotatable bonds is 10. The summed E-state index contributed by atoms with van der Waals surface area (Å²) in [6.07, 6.45) is 6.56. The summed E-state index contributed by atoms with van der Waals surface area (Å²) in [5.41, 5.74) is 4.98. The molecule has 1 fully saturated rings. The van der Waals surface area contributed by atoms with Crippen LogP contribution in [0.1, 0.15) is 49.3 Å². The zero-order valence-electron chi connectivity index (χ0n) is 22.5. The number of nitrogens with one attached hydrogen (secondary N) is 1. The van der Waals surface area contributed by atoms with Crippen molar-refractivity contribution >= 4 is 16.8 Å². The fraction of sp³-hybridized carbons (Fsp3) is 0.375. The molecular weight excluding hydrogens is 493 g/mol. The minimum atomic E-state index is -0.201. The molecule has 2 aromatic heterocycles. The van der Waals surface area contributed by atoms with E-state index < -0.39 is 0 Å². The van der Waals surface area contributed by atoms with Crippen LogP contribution in [-0.4, -0.2) is 47.2 Å². The number of aromatic nitrogens is 2. The quantitative estimate of drug-likeness (QED) is 0.260. The highest BCUT2D eigenvalue weighted by molar-refractivity contribution is 5.82. The highest BCUT2D eigenvalue weighted by Gasteiger charge is 2.27. The van der Waals surface area contributed by atoms with Crippen LogP contribution in [0.2, 0.25) is 0 Å². The summed E-state index contributed by atoms with van der Waals surface area (Å²) < 4.78 is 22.1. The van der Waals surface area contributed by atoms with E-state index in [9.17, 15) is 14.0 Å². The van der Waals surface area contributed by atoms with Gasteiger partial charge in [0, 0.05) is 69.0 Å². The molecule has 0 spiro atoms. The van der Waals surface area contributed by atoms with Crippen LogP contribution in [0.5, 0.6) is 0 Å². The van der Waals surface area contributed by atoms with Gasteiger partial charge in [-0.1, -0.05) is 30.3 Å². The van der Waals surface area contributed by atoms with Crippen LogP contribution in [0.25, 0.3) is 22.0 Å². The Labute approximate surface area is 228 Å². The van der Waals surface area contributed by atoms with Crippen molar-refractivity contribution in [2.75, 3.05) is 26.8 Å². The molecule has 7 heteroatoms. The molecule has 0 saturated carbocycles. The van der Waals surface area contributed by atoms with Gasteiger partial charge >= 0.3 is 0 Å². The molecule has 3 heterocycles. The van der Waals surface area contributed by atoms with Crippen molar-refractivity contribution in [1.82, 2.24) is 14.5 Å². The molecule has 1 aliphatic rings. The predicted octanol–water partition coefficient (Wildman–Crippen LogP) is 5.90. The van der Waals surface area contributed by atoms with Crippen LogP contribution < -0.4 is 5.56 Å². The van der Waals surface area contributed by atoms with Gasteiger partial charge in [-0.3, -0.25) is 9.59 Å². The van der Waals surface area contributed by atoms with E-state index in [1.54, 1.807) is 25.4 Å². The van der Waals surface area contributed by atoms with E-state index >= 15 is 0 Å². The summed E-state index contributed by atoms with van der Waals surface area (Å²) in [5, 5.41) is 0.651. The summed E-state index contributed by atoms with van der Waals surface area (Å²) in [6, 6.07) is 18.9. The Morgan fingerprint density at radius 2 is 1.92 bits per heavy atom. The van der Waals surface area contributed by atoms with Crippen molar-refractivity contribution in [2.24, 2.45) is 0 Å². The molecule has 0 aliphatic carbocycles. The number of nitrogens with zero attached hydrogens (tertiary/aromatic N) is 2. The summed E-state index contributed by atoms with van der Waals surface area (Å²) >= 11 is 0. The summed E-state index contributed by atoms with van der Waals surface area (Å²) in [5.74, 6) is 0.177. The molecule has 6 nitrogen and oxygen atoms in total. The number of hydrogen-bond donors (Lipinski definition) is 1. The molecule has 1 saturated heterocycles. The number of aryl methyl sites for hydroxylation is 2. The first-order chi connectivity index (χ1) is 19.0. The Bertz CT molecular complexity index is 1470. The lowest BCUT2D eigenvalue weighted by Crippen LogP contribution is -2.39. The Hall–Kier alpha value is -3.71. The van der Waals surface area contributed by atoms with Gasteiger partial charge in [0.2, 0.25) is 11.5 Å². The second-order valence-corrected chi connectivity index (χ2v) is 10.4. The third-order valence-corrected chi connectivity index (χ3v) is 7.77. The average molecular weight is 530 g/mol. The fourth-order valence-electron chi connectivity index (χ4n) is 5.76. The number of amides is 1. The minimum absolute atomic E-state index is 0.116. The maximum Gasteiger partial charge on any atom is 0.248 e. The molecule has 5 rings (SSSR count). The monoisotopic (exact) mass is 529 g/mol. The summed E-state index contributed by atoms with van der Waals surface area (Å²) in [7, 11) is 1.70. The van der Waals surface area contributed by atoms with E-state index in [2.05, 4.69) is 21.7 Å². The number of piperidine rings is 1. The highest BCUT2D eigenvalue weighted by Crippen LogP contribution is 2.33. The van der Waals surface area contributed by atoms with Crippen LogP contribution in [-0.2, 0) is 22.5 Å². The molecule has 204 valence electrons. The average Bonchev–Trinajstić information content (AvgIpc) is 3.33. The molecule has 2 aromatic carbocycles. The Balaban J connectivity index is 1.20. The number of likely N-dealkylation sites (tertiary alicyclic amines) is 1. The Kier molecular flexibility index (Phi) is 8.57. The van der Waals surface area contributed by atoms with Crippen LogP contribution in [0.15, 0.2) is 71.7 Å². The molecular formula is C32H36FN3O3. The van der Waals surface area contributed by atoms with Gasteiger partial charge in [-0.25, -0.2) is 4.39 Å². The molecule has 1 N–H and O–H groups in total. The predicted molar refractivity (Wildman–Crippen MR) is 152 cm³/mol. The third kappa shape index (κ3) is 6.31. The van der Waals surface area contributed by atoms with Crippen LogP contribution in [0, 0.1) is 5.82 Å². The maximum atomic E-state index is 14.6. The molecule has 0 radical (unpaired) electrons. The van der Waals surface area contributed by atoms with Gasteiger partial charge in [0.05, 0.1) is 5.52 Å². The van der Waals surface area contributed by atoms with E-state index in [4.69, 9.17) is 4.74 Å². The van der Waals surface area contributed by atoms with Crippen molar-refractivity contribution in [2.45, 2.75) is 51.0 Å². The molecule has 4 aromatic rings. The number of H-pyrrole nitrogens is 1. The van der Waals surface area contributed by atoms with E-state index in [1.165, 1.54) is 11.6 Å². The normalized spacial score (nSPS) is 15.6. The standard InChI is InChI=1S/C32H36FN3O3/c1-39-19-5-18-36-29-9-3-8-28(33)27(29)21-30(36)26-7-4-17-35(22-26)32(38)10-2-6-23-11-13-24(14-12-23)25-15-16-34-31(37)20-25/h3,8-9,11-16,20-21,26H,2,4-7,10,17-19,22H2,1H3,(H,34,37). The highest BCUT2D eigenvalue weighted by atomic mass is 19.1. The number of carbonyl (C=O) groups is 1. The first kappa shape index (κ1) is 26.9. The topological polar surface area (TPSA) is 67.3 Å². The number of ether oxygens (including phenoxy) is 1. The second-order valence-electron chi connectivity index (χ2n) is 10.4. The fourth-order valence-corrected chi connectivity index (χ4v) is 5.76. The molecule has 1 unspecified atom stereocenters. The Morgan fingerprint density at radius 3 is 2.72 bits per heavy atom. The van der Waals surface area contributed by atoms with Crippen LogP contribution >= 0.6 is 0 Å². The van der Waals surface area contributed by atoms with Gasteiger partial charge < -0.3 is 19.2 Å². The SMILES string of the molecule is COCCCn1c(C2CCCN(C(=O)CCCc3ccc(-c4cc[nH]c(=O)c4)cc3)C2)cc2c(F)cccc21. The number of hydrogen-bond acceptors (Lipinski definition) is 3. The number of pyridine rings is 1. The number of methoxy groups -OCH3 is 1. The van der Waals surface area contributed by atoms with Crippen molar-refractivity contribution in [3.05, 3.63) is 94.3 Å². The number of aromatic amines is 1. The molecule has 0 bridgehead atoms. The number of halogens is 1. The van der Waals surface area contributed by atoms with Crippen LogP contribution in [0.3, 0.4) is 0 Å². The van der Waals surface area contributed by atoms with E-state index in [1.807, 2.05) is 35.2 Å². The number of carbonyl (C=O) groups excluding carboxylic acids is 1. The maximum absolute atomic E-state index is 14.6. The van der Waals surface area contributed by atoms with Crippen molar-refractivity contribution in [3.8, 4) is 11.1 Å².